The van der Waals surface area contributed by atoms with Gasteiger partial charge in [0.2, 0.25) is 0 Å². The van der Waals surface area contributed by atoms with E-state index in [0.29, 0.717) is 0 Å². The number of benzene rings is 9. The van der Waals surface area contributed by atoms with Crippen LogP contribution in [0.5, 0.6) is 0 Å². The third kappa shape index (κ3) is 4.20. The molecule has 0 N–H and O–H groups in total. The summed E-state index contributed by atoms with van der Waals surface area (Å²) in [5, 5.41) is 10.1. The van der Waals surface area contributed by atoms with Crippen molar-refractivity contribution >= 4 is 65.2 Å². The highest BCUT2D eigenvalue weighted by Crippen LogP contribution is 2.51. The first kappa shape index (κ1) is 30.6. The van der Waals surface area contributed by atoms with Gasteiger partial charge in [-0.2, -0.15) is 0 Å². The molecule has 2 nitrogen and oxygen atoms in total. The van der Waals surface area contributed by atoms with E-state index in [2.05, 4.69) is 205 Å². The van der Waals surface area contributed by atoms with Crippen LogP contribution in [0.25, 0.3) is 98.8 Å². The number of nitrogens with zero attached hydrogens (tertiary/aromatic N) is 2. The van der Waals surface area contributed by atoms with Crippen LogP contribution < -0.4 is 0 Å². The third-order valence-electron chi connectivity index (χ3n) is 12.5. The molecule has 0 saturated carbocycles. The number of fused-ring (bicyclic) bond motifs is 11. The molecule has 0 amide bonds. The molecule has 0 saturated heterocycles. The van der Waals surface area contributed by atoms with Crippen LogP contribution in [0.1, 0.15) is 25.0 Å². The minimum atomic E-state index is -0.0884. The largest absolute Gasteiger partial charge is 0.309 e. The van der Waals surface area contributed by atoms with E-state index in [0.717, 1.165) is 0 Å². The Kier molecular flexibility index (Phi) is 6.15. The van der Waals surface area contributed by atoms with Gasteiger partial charge >= 0.3 is 0 Å². The van der Waals surface area contributed by atoms with E-state index in [1.807, 2.05) is 0 Å². The molecule has 2 heteroatoms. The van der Waals surface area contributed by atoms with Crippen molar-refractivity contribution in [2.45, 2.75) is 19.3 Å². The quantitative estimate of drug-likeness (QED) is 0.174. The van der Waals surface area contributed by atoms with Crippen LogP contribution in [0.4, 0.5) is 0 Å². The molecule has 55 heavy (non-hydrogen) atoms. The zero-order valence-electron chi connectivity index (χ0n) is 30.7. The Labute approximate surface area is 319 Å². The summed E-state index contributed by atoms with van der Waals surface area (Å²) >= 11 is 0. The molecular formula is C53H36N2. The van der Waals surface area contributed by atoms with Crippen molar-refractivity contribution in [3.05, 3.63) is 193 Å². The van der Waals surface area contributed by atoms with Gasteiger partial charge < -0.3 is 9.13 Å². The van der Waals surface area contributed by atoms with Crippen molar-refractivity contribution < 1.29 is 0 Å². The fraction of sp³-hybridized carbons (Fsp3) is 0.0566. The minimum absolute atomic E-state index is 0.0884. The predicted molar refractivity (Wildman–Crippen MR) is 233 cm³/mol. The third-order valence-corrected chi connectivity index (χ3v) is 12.5. The van der Waals surface area contributed by atoms with Crippen LogP contribution >= 0.6 is 0 Å². The normalized spacial score (nSPS) is 13.4. The lowest BCUT2D eigenvalue weighted by Gasteiger charge is -2.21. The number of hydrogen-bond acceptors (Lipinski definition) is 0. The van der Waals surface area contributed by atoms with E-state index in [1.165, 1.54) is 110 Å². The first-order valence-electron chi connectivity index (χ1n) is 19.3. The second-order valence-electron chi connectivity index (χ2n) is 15.7. The summed E-state index contributed by atoms with van der Waals surface area (Å²) in [6.07, 6.45) is 0. The molecule has 258 valence electrons. The van der Waals surface area contributed by atoms with E-state index >= 15 is 0 Å². The van der Waals surface area contributed by atoms with Gasteiger partial charge in [-0.1, -0.05) is 141 Å². The second-order valence-corrected chi connectivity index (χ2v) is 15.7. The van der Waals surface area contributed by atoms with Crippen molar-refractivity contribution in [2.24, 2.45) is 0 Å². The van der Waals surface area contributed by atoms with Crippen molar-refractivity contribution in [2.75, 3.05) is 0 Å². The van der Waals surface area contributed by atoms with E-state index in [-0.39, 0.29) is 5.41 Å². The summed E-state index contributed by atoms with van der Waals surface area (Å²) in [5.41, 5.74) is 15.1. The van der Waals surface area contributed by atoms with Gasteiger partial charge in [0.1, 0.15) is 0 Å². The molecule has 11 aromatic rings. The highest BCUT2D eigenvalue weighted by atomic mass is 15.0. The second kappa shape index (κ2) is 11.1. The molecule has 0 fully saturated rings. The Morgan fingerprint density at radius 1 is 0.327 bits per heavy atom. The summed E-state index contributed by atoms with van der Waals surface area (Å²) in [6, 6.07) is 67.7. The molecule has 0 unspecified atom stereocenters. The maximum Gasteiger partial charge on any atom is 0.0547 e. The lowest BCUT2D eigenvalue weighted by Crippen LogP contribution is -2.14. The zero-order valence-corrected chi connectivity index (χ0v) is 30.7. The summed E-state index contributed by atoms with van der Waals surface area (Å²) in [7, 11) is 0. The molecule has 0 aliphatic heterocycles. The molecule has 12 rings (SSSR count). The lowest BCUT2D eigenvalue weighted by molar-refractivity contribution is 0.661. The van der Waals surface area contributed by atoms with Gasteiger partial charge in [0, 0.05) is 37.7 Å². The molecule has 1 aliphatic rings. The van der Waals surface area contributed by atoms with Gasteiger partial charge in [-0.25, -0.2) is 0 Å². The van der Waals surface area contributed by atoms with Crippen molar-refractivity contribution in [3.8, 4) is 33.6 Å². The Bertz CT molecular complexity index is 3400. The van der Waals surface area contributed by atoms with Crippen LogP contribution in [0.3, 0.4) is 0 Å². The Hall–Kier alpha value is -6.90. The monoisotopic (exact) mass is 700 g/mol. The van der Waals surface area contributed by atoms with E-state index in [4.69, 9.17) is 0 Å². The van der Waals surface area contributed by atoms with Crippen molar-refractivity contribution in [1.29, 1.82) is 0 Å². The van der Waals surface area contributed by atoms with Crippen LogP contribution in [0.15, 0.2) is 182 Å². The van der Waals surface area contributed by atoms with Crippen molar-refractivity contribution in [3.63, 3.8) is 0 Å². The van der Waals surface area contributed by atoms with Crippen LogP contribution in [-0.2, 0) is 5.41 Å². The predicted octanol–water partition coefficient (Wildman–Crippen LogP) is 14.2. The molecule has 1 aliphatic carbocycles. The average Bonchev–Trinajstić information content (AvgIpc) is 3.81. The van der Waals surface area contributed by atoms with E-state index < -0.39 is 0 Å². The van der Waals surface area contributed by atoms with Crippen molar-refractivity contribution in [1.82, 2.24) is 9.13 Å². The smallest absolute Gasteiger partial charge is 0.0547 e. The number of aromatic nitrogens is 2. The maximum atomic E-state index is 2.51. The molecule has 0 spiro atoms. The summed E-state index contributed by atoms with van der Waals surface area (Å²) in [4.78, 5) is 0. The maximum absolute atomic E-state index is 2.51. The van der Waals surface area contributed by atoms with Gasteiger partial charge in [0.25, 0.3) is 0 Å². The van der Waals surface area contributed by atoms with E-state index in [9.17, 15) is 0 Å². The summed E-state index contributed by atoms with van der Waals surface area (Å²) < 4.78 is 4.95. The fourth-order valence-corrected chi connectivity index (χ4v) is 9.87. The molecule has 0 atom stereocenters. The van der Waals surface area contributed by atoms with E-state index in [1.54, 1.807) is 0 Å². The molecule has 2 aromatic heterocycles. The topological polar surface area (TPSA) is 9.86 Å². The Morgan fingerprint density at radius 2 is 0.818 bits per heavy atom. The van der Waals surface area contributed by atoms with Crippen LogP contribution in [0.2, 0.25) is 0 Å². The van der Waals surface area contributed by atoms with Gasteiger partial charge in [-0.05, 0) is 98.8 Å². The number of hydrogen-bond donors (Lipinski definition) is 0. The van der Waals surface area contributed by atoms with Gasteiger partial charge in [-0.3, -0.25) is 0 Å². The first-order valence-corrected chi connectivity index (χ1v) is 19.3. The lowest BCUT2D eigenvalue weighted by atomic mass is 9.82. The SMILES string of the molecule is CC1(C)c2ccccc2-c2cc3c(cc21)c1cc(-c2ccc4c(c2)c2ccccc2n4-c2cccc4ccccc24)ccc1n3-c1cccc2ccccc12. The van der Waals surface area contributed by atoms with Gasteiger partial charge in [0.15, 0.2) is 0 Å². The number of rotatable bonds is 3. The molecule has 2 heterocycles. The molecule has 0 radical (unpaired) electrons. The standard InChI is InChI=1S/C53H36N2/c1-53(2)45-21-9-7-19-39(45)41-32-52-44(31-46(41)53)43-30-36(26-28-51(43)55(52)48-24-12-16-34-14-4-6-18-38(34)48)35-25-27-50-42(29-35)40-20-8-10-22-49(40)54(50)47-23-11-15-33-13-3-5-17-37(33)47/h3-32H,1-2H3. The fourth-order valence-electron chi connectivity index (χ4n) is 9.87. The molecule has 0 bridgehead atoms. The molecule has 9 aromatic carbocycles. The van der Waals surface area contributed by atoms with Crippen LogP contribution in [-0.4, -0.2) is 9.13 Å². The van der Waals surface area contributed by atoms with Gasteiger partial charge in [0.05, 0.1) is 33.4 Å². The highest BCUT2D eigenvalue weighted by Gasteiger charge is 2.36. The highest BCUT2D eigenvalue weighted by molar-refractivity contribution is 6.15. The number of para-hydroxylation sites is 1. The van der Waals surface area contributed by atoms with Crippen LogP contribution in [0, 0.1) is 0 Å². The van der Waals surface area contributed by atoms with Gasteiger partial charge in [-0.15, -0.1) is 0 Å². The Balaban J connectivity index is 1.12. The first-order chi connectivity index (χ1) is 27.0. The zero-order chi connectivity index (χ0) is 36.4. The summed E-state index contributed by atoms with van der Waals surface area (Å²) in [6.45, 7) is 4.76. The average molecular weight is 701 g/mol. The summed E-state index contributed by atoms with van der Waals surface area (Å²) in [5.74, 6) is 0. The Morgan fingerprint density at radius 3 is 1.49 bits per heavy atom. The minimum Gasteiger partial charge on any atom is -0.309 e. The molecular weight excluding hydrogens is 665 g/mol.